The minimum atomic E-state index is -3.50. The Morgan fingerprint density at radius 1 is 1.12 bits per heavy atom. The summed E-state index contributed by atoms with van der Waals surface area (Å²) >= 11 is 0. The Morgan fingerprint density at radius 3 is 2.31 bits per heavy atom. The lowest BCUT2D eigenvalue weighted by Gasteiger charge is -2.33. The molecule has 1 heterocycles. The molecule has 0 radical (unpaired) electrons. The van der Waals surface area contributed by atoms with E-state index in [0.29, 0.717) is 32.7 Å². The highest BCUT2D eigenvalue weighted by molar-refractivity contribution is 7.89. The SMILES string of the molecule is CCNC(=O)[C@@H](C)NC(=O)CN1CCN(S(=O)(=O)c2ccccc2)CC1. The molecule has 1 atom stereocenters. The zero-order valence-corrected chi connectivity index (χ0v) is 16.0. The number of hydrogen-bond donors (Lipinski definition) is 2. The van der Waals surface area contributed by atoms with Crippen LogP contribution in [0.4, 0.5) is 0 Å². The average Bonchev–Trinajstić information content (AvgIpc) is 2.63. The third kappa shape index (κ3) is 5.26. The van der Waals surface area contributed by atoms with Crippen molar-refractivity contribution in [2.75, 3.05) is 39.3 Å². The summed E-state index contributed by atoms with van der Waals surface area (Å²) in [6.07, 6.45) is 0. The molecule has 1 aliphatic rings. The van der Waals surface area contributed by atoms with Crippen molar-refractivity contribution < 1.29 is 18.0 Å². The molecular formula is C17H26N4O4S. The summed E-state index contributed by atoms with van der Waals surface area (Å²) in [7, 11) is -3.50. The highest BCUT2D eigenvalue weighted by Gasteiger charge is 2.29. The van der Waals surface area contributed by atoms with Gasteiger partial charge in [0.2, 0.25) is 21.8 Å². The number of nitrogens with one attached hydrogen (secondary N) is 2. The second-order valence-corrected chi connectivity index (χ2v) is 8.12. The topological polar surface area (TPSA) is 98.8 Å². The van der Waals surface area contributed by atoms with Crippen LogP contribution < -0.4 is 10.6 Å². The zero-order valence-electron chi connectivity index (χ0n) is 15.1. The molecule has 0 spiro atoms. The first kappa shape index (κ1) is 20.3. The maximum Gasteiger partial charge on any atom is 0.243 e. The summed E-state index contributed by atoms with van der Waals surface area (Å²) in [6.45, 7) is 5.69. The van der Waals surface area contributed by atoms with Gasteiger partial charge in [0.05, 0.1) is 11.4 Å². The van der Waals surface area contributed by atoms with Crippen molar-refractivity contribution in [3.05, 3.63) is 30.3 Å². The summed E-state index contributed by atoms with van der Waals surface area (Å²) in [5.41, 5.74) is 0. The van der Waals surface area contributed by atoms with Crippen LogP contribution in [0.2, 0.25) is 0 Å². The van der Waals surface area contributed by atoms with Crippen molar-refractivity contribution in [1.29, 1.82) is 0 Å². The fraction of sp³-hybridized carbons (Fsp3) is 0.529. The number of rotatable bonds is 7. The van der Waals surface area contributed by atoms with Gasteiger partial charge in [0.1, 0.15) is 6.04 Å². The van der Waals surface area contributed by atoms with Crippen LogP contribution in [-0.2, 0) is 19.6 Å². The van der Waals surface area contributed by atoms with Gasteiger partial charge in [-0.2, -0.15) is 4.31 Å². The molecule has 0 saturated carbocycles. The van der Waals surface area contributed by atoms with E-state index in [1.807, 2.05) is 11.8 Å². The van der Waals surface area contributed by atoms with Crippen LogP contribution in [0.15, 0.2) is 35.2 Å². The Bertz CT molecular complexity index is 716. The van der Waals surface area contributed by atoms with Crippen LogP contribution in [0, 0.1) is 0 Å². The van der Waals surface area contributed by atoms with Gasteiger partial charge in [-0.25, -0.2) is 8.42 Å². The molecule has 0 aromatic heterocycles. The largest absolute Gasteiger partial charge is 0.355 e. The zero-order chi connectivity index (χ0) is 19.2. The van der Waals surface area contributed by atoms with Crippen molar-refractivity contribution in [3.63, 3.8) is 0 Å². The highest BCUT2D eigenvalue weighted by atomic mass is 32.2. The van der Waals surface area contributed by atoms with E-state index in [2.05, 4.69) is 10.6 Å². The monoisotopic (exact) mass is 382 g/mol. The van der Waals surface area contributed by atoms with Gasteiger partial charge in [-0.1, -0.05) is 18.2 Å². The second kappa shape index (κ2) is 9.11. The van der Waals surface area contributed by atoms with Crippen LogP contribution >= 0.6 is 0 Å². The number of piperazine rings is 1. The number of carbonyl (C=O) groups excluding carboxylic acids is 2. The summed E-state index contributed by atoms with van der Waals surface area (Å²) in [5.74, 6) is -0.470. The smallest absolute Gasteiger partial charge is 0.243 e. The fourth-order valence-electron chi connectivity index (χ4n) is 2.75. The number of carbonyl (C=O) groups is 2. The van der Waals surface area contributed by atoms with Crippen LogP contribution in [0.5, 0.6) is 0 Å². The van der Waals surface area contributed by atoms with Crippen molar-refractivity contribution in [1.82, 2.24) is 19.8 Å². The number of hydrogen-bond acceptors (Lipinski definition) is 5. The first-order valence-electron chi connectivity index (χ1n) is 8.69. The summed E-state index contributed by atoms with van der Waals surface area (Å²) in [5, 5.41) is 5.31. The summed E-state index contributed by atoms with van der Waals surface area (Å²) < 4.78 is 26.6. The van der Waals surface area contributed by atoms with Crippen LogP contribution in [0.25, 0.3) is 0 Å². The number of sulfonamides is 1. The van der Waals surface area contributed by atoms with Crippen molar-refractivity contribution in [2.45, 2.75) is 24.8 Å². The predicted molar refractivity (Wildman–Crippen MR) is 97.9 cm³/mol. The van der Waals surface area contributed by atoms with E-state index in [-0.39, 0.29) is 23.3 Å². The number of likely N-dealkylation sites (N-methyl/N-ethyl adjacent to an activating group) is 1. The van der Waals surface area contributed by atoms with Gasteiger partial charge in [0.15, 0.2) is 0 Å². The molecule has 2 N–H and O–H groups in total. The standard InChI is InChI=1S/C17H26N4O4S/c1-3-18-17(23)14(2)19-16(22)13-20-9-11-21(12-10-20)26(24,25)15-7-5-4-6-8-15/h4-8,14H,3,9-13H2,1-2H3,(H,18,23)(H,19,22)/t14-/m1/s1. The molecule has 1 fully saturated rings. The molecule has 0 bridgehead atoms. The van der Waals surface area contributed by atoms with Crippen molar-refractivity contribution in [2.24, 2.45) is 0 Å². The third-order valence-corrected chi connectivity index (χ3v) is 6.11. The van der Waals surface area contributed by atoms with Crippen LogP contribution in [0.3, 0.4) is 0 Å². The Hall–Kier alpha value is -1.97. The van der Waals surface area contributed by atoms with Gasteiger partial charge < -0.3 is 10.6 Å². The maximum absolute atomic E-state index is 12.6. The van der Waals surface area contributed by atoms with Crippen LogP contribution in [0.1, 0.15) is 13.8 Å². The minimum absolute atomic E-state index is 0.142. The molecule has 8 nitrogen and oxygen atoms in total. The normalized spacial score (nSPS) is 17.5. The molecule has 1 aromatic rings. The summed E-state index contributed by atoms with van der Waals surface area (Å²) in [4.78, 5) is 25.9. The quantitative estimate of drug-likeness (QED) is 0.671. The molecule has 2 amide bonds. The molecule has 144 valence electrons. The molecule has 0 unspecified atom stereocenters. The Balaban J connectivity index is 1.83. The Labute approximate surface area is 154 Å². The molecule has 1 aromatic carbocycles. The summed E-state index contributed by atoms with van der Waals surface area (Å²) in [6, 6.07) is 7.74. The number of amides is 2. The fourth-order valence-corrected chi connectivity index (χ4v) is 4.20. The molecule has 1 saturated heterocycles. The molecular weight excluding hydrogens is 356 g/mol. The number of nitrogens with zero attached hydrogens (tertiary/aromatic N) is 2. The van der Waals surface area contributed by atoms with Crippen molar-refractivity contribution in [3.8, 4) is 0 Å². The predicted octanol–water partition coefficient (Wildman–Crippen LogP) is -0.366. The first-order valence-corrected chi connectivity index (χ1v) is 10.1. The van der Waals surface area contributed by atoms with Gasteiger partial charge in [-0.15, -0.1) is 0 Å². The molecule has 9 heteroatoms. The maximum atomic E-state index is 12.6. The van der Waals surface area contributed by atoms with Gasteiger partial charge in [-0.05, 0) is 26.0 Å². The lowest BCUT2D eigenvalue weighted by molar-refractivity contribution is -0.129. The van der Waals surface area contributed by atoms with E-state index in [0.717, 1.165) is 0 Å². The molecule has 26 heavy (non-hydrogen) atoms. The van der Waals surface area contributed by atoms with Crippen molar-refractivity contribution >= 4 is 21.8 Å². The Kier molecular flexibility index (Phi) is 7.13. The molecule has 1 aliphatic heterocycles. The van der Waals surface area contributed by atoms with Crippen LogP contribution in [-0.4, -0.2) is 74.7 Å². The molecule has 2 rings (SSSR count). The van der Waals surface area contributed by atoms with E-state index in [9.17, 15) is 18.0 Å². The Morgan fingerprint density at radius 2 is 1.73 bits per heavy atom. The van der Waals surface area contributed by atoms with E-state index in [4.69, 9.17) is 0 Å². The van der Waals surface area contributed by atoms with Gasteiger partial charge in [0, 0.05) is 32.7 Å². The molecule has 0 aliphatic carbocycles. The van der Waals surface area contributed by atoms with Gasteiger partial charge in [-0.3, -0.25) is 14.5 Å². The van der Waals surface area contributed by atoms with E-state index < -0.39 is 16.1 Å². The second-order valence-electron chi connectivity index (χ2n) is 6.18. The van der Waals surface area contributed by atoms with Gasteiger partial charge in [0.25, 0.3) is 0 Å². The lowest BCUT2D eigenvalue weighted by Crippen LogP contribution is -2.53. The first-order chi connectivity index (χ1) is 12.3. The van der Waals surface area contributed by atoms with Gasteiger partial charge >= 0.3 is 0 Å². The average molecular weight is 382 g/mol. The van der Waals surface area contributed by atoms with E-state index >= 15 is 0 Å². The van der Waals surface area contributed by atoms with E-state index in [1.54, 1.807) is 37.3 Å². The highest BCUT2D eigenvalue weighted by Crippen LogP contribution is 2.16. The third-order valence-electron chi connectivity index (χ3n) is 4.20. The minimum Gasteiger partial charge on any atom is -0.355 e. The van der Waals surface area contributed by atoms with E-state index in [1.165, 1.54) is 4.31 Å². The lowest BCUT2D eigenvalue weighted by atomic mass is 10.3. The number of benzene rings is 1.